The van der Waals surface area contributed by atoms with Crippen molar-refractivity contribution in [2.45, 2.75) is 38.1 Å². The molecule has 0 saturated heterocycles. The Morgan fingerprint density at radius 3 is 2.69 bits per heavy atom. The minimum atomic E-state index is -0.397. The van der Waals surface area contributed by atoms with Gasteiger partial charge < -0.3 is 14.8 Å². The number of aryl methyl sites for hydroxylation is 2. The number of benzene rings is 1. The van der Waals surface area contributed by atoms with Crippen LogP contribution < -0.4 is 14.8 Å². The molecule has 0 bridgehead atoms. The summed E-state index contributed by atoms with van der Waals surface area (Å²) in [4.78, 5) is 17.6. The maximum Gasteiger partial charge on any atom is 0.253 e. The zero-order valence-corrected chi connectivity index (χ0v) is 16.7. The fourth-order valence-electron chi connectivity index (χ4n) is 4.53. The molecular formula is C22H24N4O3. The molecule has 1 aliphatic heterocycles. The summed E-state index contributed by atoms with van der Waals surface area (Å²) in [7, 11) is 1.86. The first-order chi connectivity index (χ1) is 14.1. The van der Waals surface area contributed by atoms with Crippen molar-refractivity contribution in [1.29, 1.82) is 0 Å². The first kappa shape index (κ1) is 18.0. The molecule has 0 spiro atoms. The maximum absolute atomic E-state index is 13.2. The monoisotopic (exact) mass is 392 g/mol. The van der Waals surface area contributed by atoms with E-state index in [1.807, 2.05) is 38.2 Å². The van der Waals surface area contributed by atoms with Crippen LogP contribution in [-0.2, 0) is 12.6 Å². The number of ether oxygens (including phenoxy) is 2. The predicted octanol–water partition coefficient (Wildman–Crippen LogP) is 3.25. The first-order valence-electron chi connectivity index (χ1n) is 10.1. The summed E-state index contributed by atoms with van der Waals surface area (Å²) in [6.07, 6.45) is 5.59. The molecule has 1 aromatic carbocycles. The highest BCUT2D eigenvalue weighted by atomic mass is 16.6. The van der Waals surface area contributed by atoms with Crippen LogP contribution in [0.2, 0.25) is 0 Å². The second-order valence-corrected chi connectivity index (χ2v) is 7.91. The van der Waals surface area contributed by atoms with Gasteiger partial charge in [0.25, 0.3) is 5.91 Å². The predicted molar refractivity (Wildman–Crippen MR) is 108 cm³/mol. The van der Waals surface area contributed by atoms with Crippen LogP contribution in [0.15, 0.2) is 30.5 Å². The Morgan fingerprint density at radius 1 is 1.14 bits per heavy atom. The number of aromatic nitrogens is 3. The van der Waals surface area contributed by atoms with E-state index in [0.29, 0.717) is 18.8 Å². The molecule has 3 aromatic rings. The molecule has 1 saturated carbocycles. The quantitative estimate of drug-likeness (QED) is 0.740. The number of carbonyl (C=O) groups is 1. The molecule has 0 unspecified atom stereocenters. The number of pyridine rings is 1. The maximum atomic E-state index is 13.2. The molecule has 1 fully saturated rings. The first-order valence-corrected chi connectivity index (χ1v) is 10.1. The summed E-state index contributed by atoms with van der Waals surface area (Å²) in [5.41, 5.74) is 2.87. The van der Waals surface area contributed by atoms with Crippen LogP contribution >= 0.6 is 0 Å². The zero-order valence-electron chi connectivity index (χ0n) is 16.7. The standard InChI is InChI=1S/C22H24N4O3/c1-14-17-11-15(13-23-20(17)26(2)25-14)21(27)24-22(7-3-4-8-22)16-5-6-18-19(12-16)29-10-9-28-18/h5-6,11-13H,3-4,7-10H2,1-2H3,(H,24,27). The third-order valence-electron chi connectivity index (χ3n) is 6.03. The molecule has 0 radical (unpaired) electrons. The van der Waals surface area contributed by atoms with Crippen LogP contribution in [0.4, 0.5) is 0 Å². The SMILES string of the molecule is Cc1nn(C)c2ncc(C(=O)NC3(c4ccc5c(c4)OCCO5)CCCC3)cc12. The molecule has 7 heteroatoms. The fourth-order valence-corrected chi connectivity index (χ4v) is 4.53. The van der Waals surface area contributed by atoms with E-state index in [2.05, 4.69) is 15.4 Å². The van der Waals surface area contributed by atoms with Gasteiger partial charge in [-0.1, -0.05) is 18.9 Å². The minimum absolute atomic E-state index is 0.112. The number of carbonyl (C=O) groups excluding carboxylic acids is 1. The van der Waals surface area contributed by atoms with Gasteiger partial charge >= 0.3 is 0 Å². The molecule has 2 aromatic heterocycles. The molecule has 1 aliphatic carbocycles. The molecule has 1 N–H and O–H groups in total. The largest absolute Gasteiger partial charge is 0.486 e. The topological polar surface area (TPSA) is 78.3 Å². The van der Waals surface area contributed by atoms with Crippen LogP contribution in [-0.4, -0.2) is 33.9 Å². The second kappa shape index (κ2) is 6.76. The number of amides is 1. The lowest BCUT2D eigenvalue weighted by atomic mass is 9.87. The van der Waals surface area contributed by atoms with Gasteiger partial charge in [0.15, 0.2) is 17.1 Å². The Labute approximate surface area is 169 Å². The van der Waals surface area contributed by atoms with Gasteiger partial charge in [-0.05, 0) is 43.5 Å². The van der Waals surface area contributed by atoms with Gasteiger partial charge in [0.1, 0.15) is 13.2 Å². The van der Waals surface area contributed by atoms with Gasteiger partial charge in [-0.25, -0.2) is 4.98 Å². The molecule has 1 amide bonds. The average molecular weight is 392 g/mol. The number of hydrogen-bond acceptors (Lipinski definition) is 5. The third kappa shape index (κ3) is 3.01. The van der Waals surface area contributed by atoms with Crippen molar-refractivity contribution < 1.29 is 14.3 Å². The summed E-state index contributed by atoms with van der Waals surface area (Å²) in [6, 6.07) is 7.90. The van der Waals surface area contributed by atoms with Crippen molar-refractivity contribution >= 4 is 16.9 Å². The Balaban J connectivity index is 1.48. The number of rotatable bonds is 3. The molecular weight excluding hydrogens is 368 g/mol. The molecule has 29 heavy (non-hydrogen) atoms. The summed E-state index contributed by atoms with van der Waals surface area (Å²) >= 11 is 0. The van der Waals surface area contributed by atoms with Gasteiger partial charge in [-0.15, -0.1) is 0 Å². The zero-order chi connectivity index (χ0) is 20.0. The van der Waals surface area contributed by atoms with E-state index < -0.39 is 5.54 Å². The lowest BCUT2D eigenvalue weighted by Crippen LogP contribution is -2.44. The van der Waals surface area contributed by atoms with Gasteiger partial charge in [0.2, 0.25) is 0 Å². The van der Waals surface area contributed by atoms with E-state index in [0.717, 1.165) is 59.5 Å². The van der Waals surface area contributed by atoms with Crippen molar-refractivity contribution in [3.8, 4) is 11.5 Å². The highest BCUT2D eigenvalue weighted by Gasteiger charge is 2.38. The van der Waals surface area contributed by atoms with Crippen LogP contribution in [0, 0.1) is 6.92 Å². The lowest BCUT2D eigenvalue weighted by molar-refractivity contribution is 0.0897. The van der Waals surface area contributed by atoms with Crippen LogP contribution in [0.5, 0.6) is 11.5 Å². The Hall–Kier alpha value is -3.09. The van der Waals surface area contributed by atoms with Crippen molar-refractivity contribution in [2.75, 3.05) is 13.2 Å². The highest BCUT2D eigenvalue weighted by molar-refractivity contribution is 5.97. The Morgan fingerprint density at radius 2 is 1.90 bits per heavy atom. The van der Waals surface area contributed by atoms with Crippen molar-refractivity contribution in [1.82, 2.24) is 20.1 Å². The number of hydrogen-bond donors (Lipinski definition) is 1. The summed E-state index contributed by atoms with van der Waals surface area (Å²) in [6.45, 7) is 3.04. The average Bonchev–Trinajstić information content (AvgIpc) is 3.32. The van der Waals surface area contributed by atoms with E-state index in [1.165, 1.54) is 0 Å². The van der Waals surface area contributed by atoms with E-state index in [-0.39, 0.29) is 5.91 Å². The van der Waals surface area contributed by atoms with Crippen LogP contribution in [0.25, 0.3) is 11.0 Å². The van der Waals surface area contributed by atoms with Crippen molar-refractivity contribution in [2.24, 2.45) is 7.05 Å². The van der Waals surface area contributed by atoms with Crippen molar-refractivity contribution in [3.05, 3.63) is 47.3 Å². The van der Waals surface area contributed by atoms with E-state index >= 15 is 0 Å². The minimum Gasteiger partial charge on any atom is -0.486 e. The molecule has 5 rings (SSSR count). The summed E-state index contributed by atoms with van der Waals surface area (Å²) < 4.78 is 13.2. The Bertz CT molecular complexity index is 1100. The van der Waals surface area contributed by atoms with E-state index in [9.17, 15) is 4.79 Å². The van der Waals surface area contributed by atoms with Gasteiger partial charge in [0, 0.05) is 18.6 Å². The molecule has 2 aliphatic rings. The van der Waals surface area contributed by atoms with E-state index in [1.54, 1.807) is 10.9 Å². The van der Waals surface area contributed by atoms with Gasteiger partial charge in [0.05, 0.1) is 16.8 Å². The summed E-state index contributed by atoms with van der Waals surface area (Å²) in [5, 5.41) is 8.62. The van der Waals surface area contributed by atoms with Crippen molar-refractivity contribution in [3.63, 3.8) is 0 Å². The third-order valence-corrected chi connectivity index (χ3v) is 6.03. The molecule has 7 nitrogen and oxygen atoms in total. The second-order valence-electron chi connectivity index (χ2n) is 7.91. The van der Waals surface area contributed by atoms with E-state index in [4.69, 9.17) is 9.47 Å². The molecule has 3 heterocycles. The van der Waals surface area contributed by atoms with Gasteiger partial charge in [-0.3, -0.25) is 9.48 Å². The summed E-state index contributed by atoms with van der Waals surface area (Å²) in [5.74, 6) is 1.41. The molecule has 0 atom stereocenters. The highest BCUT2D eigenvalue weighted by Crippen LogP contribution is 2.42. The van der Waals surface area contributed by atoms with Gasteiger partial charge in [-0.2, -0.15) is 5.10 Å². The Kier molecular flexibility index (Phi) is 4.19. The smallest absolute Gasteiger partial charge is 0.253 e. The number of nitrogens with zero attached hydrogens (tertiary/aromatic N) is 3. The van der Waals surface area contributed by atoms with Crippen LogP contribution in [0.1, 0.15) is 47.3 Å². The lowest BCUT2D eigenvalue weighted by Gasteiger charge is -2.32. The number of nitrogens with one attached hydrogen (secondary N) is 1. The fraction of sp³-hybridized carbons (Fsp3) is 0.409. The normalized spacial score (nSPS) is 17.4. The number of fused-ring (bicyclic) bond motifs is 2. The van der Waals surface area contributed by atoms with Crippen LogP contribution in [0.3, 0.4) is 0 Å². The molecule has 150 valence electrons.